The van der Waals surface area contributed by atoms with Crippen LogP contribution in [0.2, 0.25) is 0 Å². The maximum absolute atomic E-state index is 5.73. The third-order valence-corrected chi connectivity index (χ3v) is 2.04. The van der Waals surface area contributed by atoms with Crippen LogP contribution in [0.4, 0.5) is 0 Å². The fraction of sp³-hybridized carbons (Fsp3) is 0.364. The first-order chi connectivity index (χ1) is 5.79. The third-order valence-electron chi connectivity index (χ3n) is 1.83. The Bertz CT molecular complexity index is 204. The summed E-state index contributed by atoms with van der Waals surface area (Å²) in [5, 5.41) is 0.0636. The van der Waals surface area contributed by atoms with E-state index in [0.29, 0.717) is 0 Å². The first-order valence-corrected chi connectivity index (χ1v) is 4.74. The third kappa shape index (κ3) is 3.77. The Morgan fingerprint density at radius 2 is 1.92 bits per heavy atom. The smallest absolute Gasteiger partial charge is 0.0336 e. The van der Waals surface area contributed by atoms with Crippen molar-refractivity contribution in [3.05, 3.63) is 42.8 Å². The Balaban J connectivity index is 2.25. The van der Waals surface area contributed by atoms with Crippen LogP contribution in [0.3, 0.4) is 0 Å². The molecule has 0 heterocycles. The van der Waals surface area contributed by atoms with Crippen molar-refractivity contribution in [3.8, 4) is 0 Å². The van der Waals surface area contributed by atoms with Crippen LogP contribution in [0.1, 0.15) is 18.4 Å². The molecule has 1 aromatic carbocycles. The Kier molecular flexibility index (Phi) is 4.16. The summed E-state index contributed by atoms with van der Waals surface area (Å²) < 4.78 is 0. The number of rotatable bonds is 4. The van der Waals surface area contributed by atoms with Gasteiger partial charge in [0.2, 0.25) is 0 Å². The van der Waals surface area contributed by atoms with Crippen LogP contribution in [-0.2, 0) is 6.42 Å². The van der Waals surface area contributed by atoms with Crippen LogP contribution in [0.5, 0.6) is 0 Å². The second kappa shape index (κ2) is 5.21. The molecule has 1 rings (SSSR count). The second-order valence-corrected chi connectivity index (χ2v) is 3.59. The lowest BCUT2D eigenvalue weighted by Gasteiger charge is -2.02. The topological polar surface area (TPSA) is 0 Å². The molecule has 1 atom stereocenters. The highest BCUT2D eigenvalue weighted by Gasteiger charge is 1.96. The molecule has 0 spiro atoms. The number of hydrogen-bond donors (Lipinski definition) is 0. The zero-order valence-corrected chi connectivity index (χ0v) is 7.93. The molecule has 0 saturated carbocycles. The quantitative estimate of drug-likeness (QED) is 0.625. The van der Waals surface area contributed by atoms with E-state index in [1.54, 1.807) is 0 Å². The van der Waals surface area contributed by atoms with Crippen molar-refractivity contribution in [1.82, 2.24) is 0 Å². The molecule has 0 aliphatic rings. The van der Waals surface area contributed by atoms with E-state index in [1.165, 1.54) is 5.56 Å². The van der Waals surface area contributed by atoms with Crippen molar-refractivity contribution < 1.29 is 0 Å². The molecule has 0 aromatic heterocycles. The molecule has 0 aliphatic heterocycles. The van der Waals surface area contributed by atoms with Gasteiger partial charge in [0.05, 0.1) is 0 Å². The van der Waals surface area contributed by atoms with Gasteiger partial charge in [-0.15, -0.1) is 11.6 Å². The predicted molar refractivity (Wildman–Crippen MR) is 54.4 cm³/mol. The van der Waals surface area contributed by atoms with E-state index in [4.69, 9.17) is 11.6 Å². The Morgan fingerprint density at radius 1 is 1.25 bits per heavy atom. The van der Waals surface area contributed by atoms with Gasteiger partial charge in [0.1, 0.15) is 0 Å². The van der Waals surface area contributed by atoms with E-state index in [0.717, 1.165) is 19.3 Å². The van der Waals surface area contributed by atoms with Crippen LogP contribution in [-0.4, -0.2) is 5.38 Å². The fourth-order valence-electron chi connectivity index (χ4n) is 1.17. The Labute approximate surface area is 79.6 Å². The lowest BCUT2D eigenvalue weighted by Crippen LogP contribution is -1.93. The molecule has 0 nitrogen and oxygen atoms in total. The highest BCUT2D eigenvalue weighted by Crippen LogP contribution is 2.08. The largest absolute Gasteiger partial charge is 0.123 e. The molecule has 0 N–H and O–H groups in total. The molecule has 0 aliphatic carbocycles. The van der Waals surface area contributed by atoms with Gasteiger partial charge in [0.15, 0.2) is 0 Å². The summed E-state index contributed by atoms with van der Waals surface area (Å²) in [6.07, 6.45) is 3.23. The minimum Gasteiger partial charge on any atom is -0.123 e. The SMILES string of the molecule is [CH2]C(Cl)CCCc1ccccc1. The lowest BCUT2D eigenvalue weighted by atomic mass is 10.1. The minimum atomic E-state index is 0.0636. The fourth-order valence-corrected chi connectivity index (χ4v) is 1.33. The maximum atomic E-state index is 5.73. The Hall–Kier alpha value is -0.490. The van der Waals surface area contributed by atoms with Gasteiger partial charge in [-0.25, -0.2) is 0 Å². The molecule has 12 heavy (non-hydrogen) atoms. The molecular weight excluding hydrogens is 168 g/mol. The standard InChI is InChI=1S/C11H14Cl/c1-10(12)6-5-9-11-7-3-2-4-8-11/h2-4,7-8,10H,1,5-6,9H2. The van der Waals surface area contributed by atoms with Gasteiger partial charge >= 0.3 is 0 Å². The van der Waals surface area contributed by atoms with Crippen LogP contribution < -0.4 is 0 Å². The maximum Gasteiger partial charge on any atom is 0.0336 e. The van der Waals surface area contributed by atoms with Crippen molar-refractivity contribution in [3.63, 3.8) is 0 Å². The summed E-state index contributed by atoms with van der Waals surface area (Å²) in [6.45, 7) is 3.74. The van der Waals surface area contributed by atoms with Gasteiger partial charge in [-0.05, 0) is 31.7 Å². The molecular formula is C11H14Cl. The summed E-state index contributed by atoms with van der Waals surface area (Å²) in [5.41, 5.74) is 1.38. The van der Waals surface area contributed by atoms with Gasteiger partial charge in [-0.2, -0.15) is 0 Å². The summed E-state index contributed by atoms with van der Waals surface area (Å²) in [6, 6.07) is 10.5. The molecule has 1 heteroatoms. The van der Waals surface area contributed by atoms with Crippen molar-refractivity contribution in [2.75, 3.05) is 0 Å². The first-order valence-electron chi connectivity index (χ1n) is 4.30. The normalized spacial score (nSPS) is 12.8. The van der Waals surface area contributed by atoms with E-state index in [-0.39, 0.29) is 5.38 Å². The Morgan fingerprint density at radius 3 is 2.50 bits per heavy atom. The van der Waals surface area contributed by atoms with Crippen LogP contribution in [0.15, 0.2) is 30.3 Å². The number of hydrogen-bond acceptors (Lipinski definition) is 0. The molecule has 65 valence electrons. The van der Waals surface area contributed by atoms with Crippen molar-refractivity contribution in [2.45, 2.75) is 24.6 Å². The predicted octanol–water partition coefficient (Wildman–Crippen LogP) is 3.45. The van der Waals surface area contributed by atoms with E-state index >= 15 is 0 Å². The first kappa shape index (κ1) is 9.60. The van der Waals surface area contributed by atoms with Gasteiger partial charge < -0.3 is 0 Å². The lowest BCUT2D eigenvalue weighted by molar-refractivity contribution is 0.751. The average molecular weight is 182 g/mol. The van der Waals surface area contributed by atoms with Gasteiger partial charge in [-0.1, -0.05) is 30.3 Å². The van der Waals surface area contributed by atoms with E-state index in [1.807, 2.05) is 6.07 Å². The van der Waals surface area contributed by atoms with Crippen LogP contribution in [0, 0.1) is 6.92 Å². The van der Waals surface area contributed by atoms with E-state index in [9.17, 15) is 0 Å². The van der Waals surface area contributed by atoms with Gasteiger partial charge in [0.25, 0.3) is 0 Å². The monoisotopic (exact) mass is 181 g/mol. The van der Waals surface area contributed by atoms with E-state index < -0.39 is 0 Å². The zero-order valence-electron chi connectivity index (χ0n) is 7.17. The summed E-state index contributed by atoms with van der Waals surface area (Å²) >= 11 is 5.73. The molecule has 0 fully saturated rings. The van der Waals surface area contributed by atoms with Crippen LogP contribution >= 0.6 is 11.6 Å². The summed E-state index contributed by atoms with van der Waals surface area (Å²) in [4.78, 5) is 0. The molecule has 1 unspecified atom stereocenters. The molecule has 1 aromatic rings. The number of alkyl halides is 1. The van der Waals surface area contributed by atoms with E-state index in [2.05, 4.69) is 31.2 Å². The summed E-state index contributed by atoms with van der Waals surface area (Å²) in [5.74, 6) is 0. The van der Waals surface area contributed by atoms with Crippen LogP contribution in [0.25, 0.3) is 0 Å². The van der Waals surface area contributed by atoms with Crippen molar-refractivity contribution in [2.24, 2.45) is 0 Å². The number of aryl methyl sites for hydroxylation is 1. The summed E-state index contributed by atoms with van der Waals surface area (Å²) in [7, 11) is 0. The van der Waals surface area contributed by atoms with Gasteiger partial charge in [-0.3, -0.25) is 0 Å². The zero-order chi connectivity index (χ0) is 8.81. The highest BCUT2D eigenvalue weighted by molar-refractivity contribution is 6.21. The number of benzene rings is 1. The highest BCUT2D eigenvalue weighted by atomic mass is 35.5. The molecule has 0 bridgehead atoms. The van der Waals surface area contributed by atoms with Crippen molar-refractivity contribution >= 4 is 11.6 Å². The molecule has 0 amide bonds. The minimum absolute atomic E-state index is 0.0636. The van der Waals surface area contributed by atoms with Gasteiger partial charge in [0, 0.05) is 5.38 Å². The average Bonchev–Trinajstić information content (AvgIpc) is 2.05. The number of halogens is 1. The second-order valence-electron chi connectivity index (χ2n) is 2.98. The van der Waals surface area contributed by atoms with Crippen molar-refractivity contribution in [1.29, 1.82) is 0 Å². The molecule has 0 saturated heterocycles. The molecule has 1 radical (unpaired) electrons.